The smallest absolute Gasteiger partial charge is 0.237 e. The van der Waals surface area contributed by atoms with Crippen LogP contribution in [-0.2, 0) is 15.3 Å². The molecule has 2 aromatic carbocycles. The average molecular weight is 427 g/mol. The molecule has 2 atom stereocenters. The highest BCUT2D eigenvalue weighted by Crippen LogP contribution is 2.41. The molecule has 1 saturated heterocycles. The molecule has 148 valence electrons. The van der Waals surface area contributed by atoms with Crippen molar-refractivity contribution in [1.29, 1.82) is 0 Å². The van der Waals surface area contributed by atoms with E-state index >= 15 is 0 Å². The Morgan fingerprint density at radius 3 is 2.52 bits per heavy atom. The van der Waals surface area contributed by atoms with E-state index in [0.29, 0.717) is 17.0 Å². The average Bonchev–Trinajstić information content (AvgIpc) is 3.25. The van der Waals surface area contributed by atoms with Gasteiger partial charge in [0, 0.05) is 5.75 Å². The minimum Gasteiger partial charge on any atom is -0.274 e. The van der Waals surface area contributed by atoms with Gasteiger partial charge >= 0.3 is 0 Å². The van der Waals surface area contributed by atoms with E-state index in [0.717, 1.165) is 40.2 Å². The monoisotopic (exact) mass is 426 g/mol. The highest BCUT2D eigenvalue weighted by molar-refractivity contribution is 8.00. The first-order valence-electron chi connectivity index (χ1n) is 9.76. The Hall–Kier alpha value is -2.25. The van der Waals surface area contributed by atoms with Gasteiger partial charge in [-0.1, -0.05) is 42.8 Å². The molecule has 5 rings (SSSR count). The van der Waals surface area contributed by atoms with Crippen LogP contribution in [0.3, 0.4) is 0 Å². The Morgan fingerprint density at radius 2 is 1.79 bits per heavy atom. The second-order valence-electron chi connectivity index (χ2n) is 7.52. The third-order valence-corrected chi connectivity index (χ3v) is 7.97. The summed E-state index contributed by atoms with van der Waals surface area (Å²) in [4.78, 5) is 31.7. The Morgan fingerprint density at radius 1 is 1.07 bits per heavy atom. The van der Waals surface area contributed by atoms with Gasteiger partial charge < -0.3 is 0 Å². The molecular weight excluding hydrogens is 407 g/mol. The van der Waals surface area contributed by atoms with E-state index in [1.54, 1.807) is 18.2 Å². The van der Waals surface area contributed by atoms with Gasteiger partial charge in [0.1, 0.15) is 5.82 Å². The molecule has 1 aliphatic carbocycles. The summed E-state index contributed by atoms with van der Waals surface area (Å²) in [6.07, 6.45) is 3.66. The van der Waals surface area contributed by atoms with Gasteiger partial charge in [0.15, 0.2) is 4.34 Å². The van der Waals surface area contributed by atoms with Gasteiger partial charge in [-0.25, -0.2) is 9.37 Å². The van der Waals surface area contributed by atoms with E-state index in [1.165, 1.54) is 34.1 Å². The summed E-state index contributed by atoms with van der Waals surface area (Å²) in [6, 6.07) is 12.3. The Balaban J connectivity index is 1.39. The number of amides is 2. The number of hydrogen-bond acceptors (Lipinski definition) is 5. The molecular formula is C22H19FN2O2S2. The zero-order valence-electron chi connectivity index (χ0n) is 15.6. The van der Waals surface area contributed by atoms with Crippen LogP contribution < -0.4 is 4.90 Å². The first-order valence-corrected chi connectivity index (χ1v) is 11.6. The van der Waals surface area contributed by atoms with Crippen LogP contribution in [0.25, 0.3) is 10.2 Å². The Kier molecular flexibility index (Phi) is 4.87. The molecule has 7 heteroatoms. The van der Waals surface area contributed by atoms with Crippen molar-refractivity contribution in [3.8, 4) is 0 Å². The van der Waals surface area contributed by atoms with Crippen LogP contribution in [0.2, 0.25) is 0 Å². The summed E-state index contributed by atoms with van der Waals surface area (Å²) in [5.74, 6) is -0.127. The molecule has 1 aliphatic heterocycles. The lowest BCUT2D eigenvalue weighted by Crippen LogP contribution is -2.30. The quantitative estimate of drug-likeness (QED) is 0.414. The molecule has 3 aromatic rings. The third kappa shape index (κ3) is 3.36. The Bertz CT molecular complexity index is 1090. The number of imide groups is 1. The summed E-state index contributed by atoms with van der Waals surface area (Å²) in [5, 5.41) is 0. The summed E-state index contributed by atoms with van der Waals surface area (Å²) in [7, 11) is 0. The second kappa shape index (κ2) is 7.54. The van der Waals surface area contributed by atoms with Crippen LogP contribution >= 0.6 is 23.1 Å². The highest BCUT2D eigenvalue weighted by atomic mass is 32.2. The first-order chi connectivity index (χ1) is 14.1. The highest BCUT2D eigenvalue weighted by Gasteiger charge is 2.48. The van der Waals surface area contributed by atoms with E-state index < -0.39 is 0 Å². The van der Waals surface area contributed by atoms with E-state index in [1.807, 2.05) is 18.2 Å². The molecule has 0 unspecified atom stereocenters. The van der Waals surface area contributed by atoms with Crippen LogP contribution in [0.4, 0.5) is 10.1 Å². The number of nitrogens with zero attached hydrogens (tertiary/aromatic N) is 2. The number of carbonyl (C=O) groups excluding carboxylic acids is 2. The predicted molar refractivity (Wildman–Crippen MR) is 114 cm³/mol. The maximum Gasteiger partial charge on any atom is 0.237 e. The van der Waals surface area contributed by atoms with Crippen molar-refractivity contribution in [2.45, 2.75) is 35.8 Å². The minimum absolute atomic E-state index is 0.0577. The molecule has 2 amide bonds. The van der Waals surface area contributed by atoms with Gasteiger partial charge in [0.05, 0.1) is 27.7 Å². The van der Waals surface area contributed by atoms with Crippen LogP contribution in [0.5, 0.6) is 0 Å². The minimum atomic E-state index is -0.212. The van der Waals surface area contributed by atoms with E-state index in [-0.39, 0.29) is 29.5 Å². The lowest BCUT2D eigenvalue weighted by molar-refractivity contribution is -0.122. The molecule has 4 nitrogen and oxygen atoms in total. The van der Waals surface area contributed by atoms with Crippen molar-refractivity contribution < 1.29 is 14.0 Å². The first kappa shape index (κ1) is 18.8. The van der Waals surface area contributed by atoms with Crippen molar-refractivity contribution in [2.24, 2.45) is 11.8 Å². The van der Waals surface area contributed by atoms with Gasteiger partial charge in [-0.15, -0.1) is 11.3 Å². The molecule has 0 N–H and O–H groups in total. The van der Waals surface area contributed by atoms with Crippen LogP contribution in [0, 0.1) is 17.7 Å². The summed E-state index contributed by atoms with van der Waals surface area (Å²) >= 11 is 2.99. The van der Waals surface area contributed by atoms with Crippen molar-refractivity contribution in [1.82, 2.24) is 4.98 Å². The topological polar surface area (TPSA) is 50.3 Å². The second-order valence-corrected chi connectivity index (χ2v) is 9.77. The molecule has 2 heterocycles. The summed E-state index contributed by atoms with van der Waals surface area (Å²) in [6.45, 7) is 0. The van der Waals surface area contributed by atoms with E-state index in [9.17, 15) is 14.0 Å². The molecule has 1 saturated carbocycles. The number of benzene rings is 2. The number of hydrogen-bond donors (Lipinski definition) is 0. The molecule has 0 bridgehead atoms. The molecule has 29 heavy (non-hydrogen) atoms. The molecule has 2 fully saturated rings. The number of thioether (sulfide) groups is 1. The Labute approximate surface area is 176 Å². The third-order valence-electron chi connectivity index (χ3n) is 5.76. The van der Waals surface area contributed by atoms with Crippen LogP contribution in [-0.4, -0.2) is 16.8 Å². The van der Waals surface area contributed by atoms with Gasteiger partial charge in [-0.2, -0.15) is 0 Å². The standard InChI is InChI=1S/C22H19FN2O2S2/c23-17-8-4-1-5-13(17)12-28-22-24-18-10-9-14(11-19(18)29-22)25-20(26)15-6-2-3-7-16(15)21(25)27/h1,4-5,8-11,15-16H,2-3,6-7,12H2/t15-,16+. The zero-order valence-corrected chi connectivity index (χ0v) is 17.3. The number of thiazole rings is 1. The fourth-order valence-corrected chi connectivity index (χ4v) is 6.35. The number of anilines is 1. The van der Waals surface area contributed by atoms with Crippen LogP contribution in [0.1, 0.15) is 31.2 Å². The van der Waals surface area contributed by atoms with Gasteiger partial charge in [-0.3, -0.25) is 14.5 Å². The van der Waals surface area contributed by atoms with Crippen molar-refractivity contribution in [3.63, 3.8) is 0 Å². The normalized spacial score (nSPS) is 21.8. The number of halogens is 1. The molecule has 2 aliphatic rings. The van der Waals surface area contributed by atoms with Gasteiger partial charge in [0.2, 0.25) is 11.8 Å². The lowest BCUT2D eigenvalue weighted by atomic mass is 9.81. The zero-order chi connectivity index (χ0) is 20.0. The predicted octanol–water partition coefficient (Wildman–Crippen LogP) is 5.41. The number of aromatic nitrogens is 1. The molecule has 1 aromatic heterocycles. The largest absolute Gasteiger partial charge is 0.274 e. The van der Waals surface area contributed by atoms with Crippen molar-refractivity contribution in [2.75, 3.05) is 4.90 Å². The maximum atomic E-state index is 13.8. The number of carbonyl (C=O) groups is 2. The van der Waals surface area contributed by atoms with Crippen molar-refractivity contribution in [3.05, 3.63) is 53.8 Å². The van der Waals surface area contributed by atoms with Crippen LogP contribution in [0.15, 0.2) is 46.8 Å². The summed E-state index contributed by atoms with van der Waals surface area (Å²) in [5.41, 5.74) is 2.11. The molecule has 0 radical (unpaired) electrons. The van der Waals surface area contributed by atoms with Crippen molar-refractivity contribution >= 4 is 50.8 Å². The fourth-order valence-electron chi connectivity index (χ4n) is 4.26. The fraction of sp³-hybridized carbons (Fsp3) is 0.318. The SMILES string of the molecule is O=C1[C@H]2CCCC[C@H]2C(=O)N1c1ccc2nc(SCc3ccccc3F)sc2c1. The van der Waals surface area contributed by atoms with Gasteiger partial charge in [0.25, 0.3) is 0 Å². The number of fused-ring (bicyclic) bond motifs is 2. The van der Waals surface area contributed by atoms with Gasteiger partial charge in [-0.05, 0) is 42.7 Å². The number of rotatable bonds is 4. The maximum absolute atomic E-state index is 13.8. The lowest BCUT2D eigenvalue weighted by Gasteiger charge is -2.19. The molecule has 0 spiro atoms. The van der Waals surface area contributed by atoms with E-state index in [2.05, 4.69) is 4.98 Å². The summed E-state index contributed by atoms with van der Waals surface area (Å²) < 4.78 is 15.6. The van der Waals surface area contributed by atoms with E-state index in [4.69, 9.17) is 0 Å².